The Hall–Kier alpha value is 0.270. The molecule has 0 atom stereocenters. The number of thioether (sulfide) groups is 1. The second-order valence-electron chi connectivity index (χ2n) is 2.17. The quantitative estimate of drug-likeness (QED) is 0.542. The van der Waals surface area contributed by atoms with Crippen molar-refractivity contribution in [3.8, 4) is 0 Å². The molecule has 0 aromatic rings. The number of nitrogens with one attached hydrogen (secondary N) is 1. The van der Waals surface area contributed by atoms with E-state index in [4.69, 9.17) is 5.11 Å². The molecule has 0 unspecified atom stereocenters. The molecule has 2 N–H and O–H groups in total. The van der Waals surface area contributed by atoms with Crippen LogP contribution in [-0.4, -0.2) is 36.8 Å². The summed E-state index contributed by atoms with van der Waals surface area (Å²) in [5.41, 5.74) is 0. The van der Waals surface area contributed by atoms with E-state index in [1.807, 2.05) is 11.8 Å². The van der Waals surface area contributed by atoms with Gasteiger partial charge in [-0.1, -0.05) is 0 Å². The fourth-order valence-electron chi connectivity index (χ4n) is 0.671. The molecule has 0 rings (SSSR count). The summed E-state index contributed by atoms with van der Waals surface area (Å²) in [5, 5.41) is 11.7. The summed E-state index contributed by atoms with van der Waals surface area (Å²) in [6.07, 6.45) is 4.22. The SMILES string of the molecule is CSCCCNCCCO. The first-order valence-corrected chi connectivity index (χ1v) is 5.11. The van der Waals surface area contributed by atoms with Crippen LogP contribution >= 0.6 is 11.8 Å². The van der Waals surface area contributed by atoms with Crippen molar-refractivity contribution in [2.45, 2.75) is 12.8 Å². The molecule has 0 amide bonds. The standard InChI is InChI=1S/C7H17NOS/c1-10-7-3-5-8-4-2-6-9/h8-9H,2-7H2,1H3. The summed E-state index contributed by atoms with van der Waals surface area (Å²) < 4.78 is 0. The number of aliphatic hydroxyl groups excluding tert-OH is 1. The maximum Gasteiger partial charge on any atom is 0.0443 e. The Balaban J connectivity index is 2.65. The number of hydrogen-bond acceptors (Lipinski definition) is 3. The van der Waals surface area contributed by atoms with Gasteiger partial charge in [-0.15, -0.1) is 0 Å². The summed E-state index contributed by atoms with van der Waals surface area (Å²) in [7, 11) is 0. The highest BCUT2D eigenvalue weighted by molar-refractivity contribution is 7.98. The van der Waals surface area contributed by atoms with E-state index in [9.17, 15) is 0 Å². The average molecular weight is 163 g/mol. The molecule has 0 bridgehead atoms. The van der Waals surface area contributed by atoms with Crippen LogP contribution in [0.4, 0.5) is 0 Å². The molecule has 0 saturated heterocycles. The van der Waals surface area contributed by atoms with Crippen LogP contribution < -0.4 is 5.32 Å². The maximum absolute atomic E-state index is 8.42. The molecule has 0 aromatic carbocycles. The topological polar surface area (TPSA) is 32.3 Å². The average Bonchev–Trinajstić information content (AvgIpc) is 1.97. The van der Waals surface area contributed by atoms with Gasteiger partial charge in [-0.3, -0.25) is 0 Å². The lowest BCUT2D eigenvalue weighted by Crippen LogP contribution is -2.17. The molecule has 0 aromatic heterocycles. The molecule has 2 nitrogen and oxygen atoms in total. The molecule has 0 radical (unpaired) electrons. The van der Waals surface area contributed by atoms with Gasteiger partial charge in [-0.05, 0) is 37.9 Å². The number of rotatable bonds is 7. The van der Waals surface area contributed by atoms with Crippen molar-refractivity contribution in [2.75, 3.05) is 31.7 Å². The molecular formula is C7H17NOS. The fourth-order valence-corrected chi connectivity index (χ4v) is 1.10. The monoisotopic (exact) mass is 163 g/mol. The van der Waals surface area contributed by atoms with Gasteiger partial charge < -0.3 is 10.4 Å². The van der Waals surface area contributed by atoms with Crippen LogP contribution in [0.3, 0.4) is 0 Å². The second kappa shape index (κ2) is 9.27. The van der Waals surface area contributed by atoms with E-state index in [0.29, 0.717) is 6.61 Å². The predicted molar refractivity (Wildman–Crippen MR) is 47.6 cm³/mol. The lowest BCUT2D eigenvalue weighted by atomic mass is 10.4. The van der Waals surface area contributed by atoms with E-state index >= 15 is 0 Å². The van der Waals surface area contributed by atoms with Crippen molar-refractivity contribution in [3.05, 3.63) is 0 Å². The van der Waals surface area contributed by atoms with E-state index < -0.39 is 0 Å². The third-order valence-corrected chi connectivity index (χ3v) is 1.91. The normalized spacial score (nSPS) is 10.2. The molecule has 0 saturated carbocycles. The molecule has 62 valence electrons. The van der Waals surface area contributed by atoms with Gasteiger partial charge in [0.2, 0.25) is 0 Å². The third kappa shape index (κ3) is 8.27. The number of hydrogen-bond donors (Lipinski definition) is 2. The van der Waals surface area contributed by atoms with Gasteiger partial charge in [0.1, 0.15) is 0 Å². The first kappa shape index (κ1) is 10.3. The molecule has 0 aliphatic rings. The molecular weight excluding hydrogens is 146 g/mol. The highest BCUT2D eigenvalue weighted by Gasteiger charge is 1.85. The van der Waals surface area contributed by atoms with Crippen LogP contribution in [0.5, 0.6) is 0 Å². The van der Waals surface area contributed by atoms with Crippen LogP contribution in [0.1, 0.15) is 12.8 Å². The summed E-state index contributed by atoms with van der Waals surface area (Å²) in [5.74, 6) is 1.23. The van der Waals surface area contributed by atoms with E-state index in [1.165, 1.54) is 12.2 Å². The van der Waals surface area contributed by atoms with Crippen LogP contribution in [-0.2, 0) is 0 Å². The molecule has 10 heavy (non-hydrogen) atoms. The van der Waals surface area contributed by atoms with Gasteiger partial charge >= 0.3 is 0 Å². The summed E-state index contributed by atoms with van der Waals surface area (Å²) in [6.45, 7) is 2.33. The zero-order valence-electron chi connectivity index (χ0n) is 6.60. The molecule has 3 heteroatoms. The minimum absolute atomic E-state index is 0.301. The molecule has 0 aliphatic carbocycles. The smallest absolute Gasteiger partial charge is 0.0443 e. The van der Waals surface area contributed by atoms with E-state index in [2.05, 4.69) is 11.6 Å². The Kier molecular flexibility index (Phi) is 9.52. The minimum atomic E-state index is 0.301. The van der Waals surface area contributed by atoms with E-state index in [1.54, 1.807) is 0 Å². The molecule has 0 fully saturated rings. The lowest BCUT2D eigenvalue weighted by Gasteiger charge is -2.00. The summed E-state index contributed by atoms with van der Waals surface area (Å²) in [4.78, 5) is 0. The molecule has 0 heterocycles. The fraction of sp³-hybridized carbons (Fsp3) is 1.00. The Morgan fingerprint density at radius 1 is 1.30 bits per heavy atom. The highest BCUT2D eigenvalue weighted by Crippen LogP contribution is 1.92. The minimum Gasteiger partial charge on any atom is -0.396 e. The Bertz CT molecular complexity index is 53.6. The lowest BCUT2D eigenvalue weighted by molar-refractivity contribution is 0.286. The van der Waals surface area contributed by atoms with Crippen LogP contribution in [0, 0.1) is 0 Å². The second-order valence-corrected chi connectivity index (χ2v) is 3.16. The largest absolute Gasteiger partial charge is 0.396 e. The highest BCUT2D eigenvalue weighted by atomic mass is 32.2. The first-order valence-electron chi connectivity index (χ1n) is 3.72. The predicted octanol–water partition coefficient (Wildman–Crippen LogP) is 0.711. The number of aliphatic hydroxyl groups is 1. The van der Waals surface area contributed by atoms with Crippen molar-refractivity contribution in [1.82, 2.24) is 5.32 Å². The van der Waals surface area contributed by atoms with E-state index in [0.717, 1.165) is 19.5 Å². The van der Waals surface area contributed by atoms with Gasteiger partial charge in [0.25, 0.3) is 0 Å². The summed E-state index contributed by atoms with van der Waals surface area (Å²) >= 11 is 1.88. The van der Waals surface area contributed by atoms with Crippen LogP contribution in [0.25, 0.3) is 0 Å². The third-order valence-electron chi connectivity index (χ3n) is 1.21. The van der Waals surface area contributed by atoms with Gasteiger partial charge in [-0.25, -0.2) is 0 Å². The first-order chi connectivity index (χ1) is 4.91. The van der Waals surface area contributed by atoms with Crippen molar-refractivity contribution >= 4 is 11.8 Å². The Morgan fingerprint density at radius 3 is 2.60 bits per heavy atom. The Labute approximate surface area is 67.4 Å². The maximum atomic E-state index is 8.42. The van der Waals surface area contributed by atoms with Crippen LogP contribution in [0.2, 0.25) is 0 Å². The molecule has 0 aliphatic heterocycles. The zero-order valence-corrected chi connectivity index (χ0v) is 7.41. The van der Waals surface area contributed by atoms with Crippen molar-refractivity contribution in [2.24, 2.45) is 0 Å². The van der Waals surface area contributed by atoms with E-state index in [-0.39, 0.29) is 0 Å². The van der Waals surface area contributed by atoms with Crippen LogP contribution in [0.15, 0.2) is 0 Å². The molecule has 0 spiro atoms. The van der Waals surface area contributed by atoms with Crippen molar-refractivity contribution < 1.29 is 5.11 Å². The Morgan fingerprint density at radius 2 is 2.00 bits per heavy atom. The van der Waals surface area contributed by atoms with Gasteiger partial charge in [-0.2, -0.15) is 11.8 Å². The summed E-state index contributed by atoms with van der Waals surface area (Å²) in [6, 6.07) is 0. The van der Waals surface area contributed by atoms with Gasteiger partial charge in [0.05, 0.1) is 0 Å². The van der Waals surface area contributed by atoms with Crippen molar-refractivity contribution in [1.29, 1.82) is 0 Å². The van der Waals surface area contributed by atoms with Crippen molar-refractivity contribution in [3.63, 3.8) is 0 Å². The van der Waals surface area contributed by atoms with Gasteiger partial charge in [0.15, 0.2) is 0 Å². The zero-order chi connectivity index (χ0) is 7.66. The van der Waals surface area contributed by atoms with Gasteiger partial charge in [0, 0.05) is 6.61 Å².